The van der Waals surface area contributed by atoms with Crippen LogP contribution >= 0.6 is 0 Å². The average Bonchev–Trinajstić information content (AvgIpc) is 1.95. The molecule has 0 spiro atoms. The van der Waals surface area contributed by atoms with Crippen LogP contribution in [0.2, 0.25) is 0 Å². The summed E-state index contributed by atoms with van der Waals surface area (Å²) in [7, 11) is -5.17. The van der Waals surface area contributed by atoms with Crippen LogP contribution in [0.1, 0.15) is 12.8 Å². The maximum absolute atomic E-state index is 10.1. The Kier molecular flexibility index (Phi) is 32.4. The summed E-state index contributed by atoms with van der Waals surface area (Å²) in [5.41, 5.74) is -2.97. The van der Waals surface area contributed by atoms with E-state index < -0.39 is 46.7 Å². The van der Waals surface area contributed by atoms with Crippen molar-refractivity contribution in [2.24, 2.45) is 0 Å². The predicted octanol–water partition coefficient (Wildman–Crippen LogP) is -10.7. The molecule has 16 heteroatoms. The molecular formula is C6H5Ca3ClO11S. The van der Waals surface area contributed by atoms with E-state index in [1.54, 1.807) is 0 Å². The Morgan fingerprint density at radius 1 is 0.864 bits per heavy atom. The van der Waals surface area contributed by atoms with Gasteiger partial charge in [-0.1, -0.05) is 0 Å². The molecule has 0 aromatic carbocycles. The van der Waals surface area contributed by atoms with E-state index in [4.69, 9.17) is 22.6 Å². The van der Waals surface area contributed by atoms with Crippen molar-refractivity contribution in [3.8, 4) is 0 Å². The standard InChI is InChI=1S/C6H8O7.3Ca.ClH.H2O4S/c7-3(8)1-6(13,5(11)12)2-4(9)10;;;;;1-5(2,3)4/h13H,1-2H2,(H,7,8)(H,9,10)(H,11,12);;;;1H;(H2,1,2,3,4)/q;3*+2;;/p-6. The number of carbonyl (C=O) groups is 3. The molecule has 0 atom stereocenters. The van der Waals surface area contributed by atoms with Gasteiger partial charge in [0, 0.05) is 35.2 Å². The Morgan fingerprint density at radius 2 is 1.05 bits per heavy atom. The molecular weight excluding hydrogens is 436 g/mol. The van der Waals surface area contributed by atoms with Crippen molar-refractivity contribution in [2.75, 3.05) is 0 Å². The van der Waals surface area contributed by atoms with Crippen molar-refractivity contribution >= 4 is 142 Å². The second kappa shape index (κ2) is 18.1. The van der Waals surface area contributed by atoms with E-state index in [9.17, 15) is 29.7 Å². The van der Waals surface area contributed by atoms with Crippen molar-refractivity contribution in [1.29, 1.82) is 0 Å². The second-order valence-corrected chi connectivity index (χ2v) is 3.64. The van der Waals surface area contributed by atoms with E-state index in [0.29, 0.717) is 0 Å². The van der Waals surface area contributed by atoms with Crippen LogP contribution < -0.4 is 27.7 Å². The number of aliphatic carboxylic acids is 3. The van der Waals surface area contributed by atoms with Gasteiger partial charge in [0.25, 0.3) is 0 Å². The first-order chi connectivity index (χ1) is 7.78. The third-order valence-electron chi connectivity index (χ3n) is 1.25. The zero-order valence-corrected chi connectivity index (χ0v) is 19.0. The molecule has 11 nitrogen and oxygen atoms in total. The summed E-state index contributed by atoms with van der Waals surface area (Å²) in [4.78, 5) is 30.0. The maximum atomic E-state index is 10.1. The summed E-state index contributed by atoms with van der Waals surface area (Å²) >= 11 is 0. The zero-order chi connectivity index (χ0) is 15.1. The van der Waals surface area contributed by atoms with Gasteiger partial charge in [0.15, 0.2) is 0 Å². The van der Waals surface area contributed by atoms with Crippen LogP contribution in [0, 0.1) is 0 Å². The summed E-state index contributed by atoms with van der Waals surface area (Å²) in [5, 5.41) is 38.9. The van der Waals surface area contributed by atoms with E-state index in [1.165, 1.54) is 0 Å². The molecule has 1 N–H and O–H groups in total. The van der Waals surface area contributed by atoms with Gasteiger partial charge in [-0.05, 0) is 0 Å². The van der Waals surface area contributed by atoms with Crippen LogP contribution in [0.5, 0.6) is 0 Å². The van der Waals surface area contributed by atoms with Crippen molar-refractivity contribution in [3.63, 3.8) is 0 Å². The van der Waals surface area contributed by atoms with E-state index >= 15 is 0 Å². The molecule has 0 aliphatic heterocycles. The number of rotatable bonds is 5. The van der Waals surface area contributed by atoms with Crippen molar-refractivity contribution in [1.82, 2.24) is 0 Å². The number of carbonyl (C=O) groups excluding carboxylic acids is 3. The van der Waals surface area contributed by atoms with Crippen LogP contribution in [0.15, 0.2) is 0 Å². The molecule has 0 radical (unpaired) electrons. The van der Waals surface area contributed by atoms with E-state index in [0.717, 1.165) is 0 Å². The van der Waals surface area contributed by atoms with Gasteiger partial charge in [0.2, 0.25) is 0 Å². The minimum absolute atomic E-state index is 0. The quantitative estimate of drug-likeness (QED) is 0.240. The zero-order valence-electron chi connectivity index (χ0n) is 10.9. The Hall–Kier alpha value is 2.31. The number of hydrogen-bond acceptors (Lipinski definition) is 11. The molecule has 114 valence electrons. The normalized spacial score (nSPS) is 9.05. The van der Waals surface area contributed by atoms with Gasteiger partial charge in [-0.2, -0.15) is 0 Å². The van der Waals surface area contributed by atoms with E-state index in [-0.39, 0.29) is 126 Å². The largest absolute Gasteiger partial charge is 2.00 e. The van der Waals surface area contributed by atoms with Crippen LogP contribution in [0.3, 0.4) is 0 Å². The van der Waals surface area contributed by atoms with Gasteiger partial charge in [0.05, 0.1) is 5.97 Å². The third-order valence-corrected chi connectivity index (χ3v) is 1.25. The molecule has 0 rings (SSSR count). The van der Waals surface area contributed by atoms with Crippen molar-refractivity contribution in [3.05, 3.63) is 0 Å². The molecule has 0 bridgehead atoms. The third kappa shape index (κ3) is 30.2. The number of hydrogen-bond donors (Lipinski definition) is 1. The minimum atomic E-state index is -5.17. The van der Waals surface area contributed by atoms with Gasteiger partial charge < -0.3 is 56.3 Å². The molecule has 0 aliphatic carbocycles. The van der Waals surface area contributed by atoms with Crippen LogP contribution in [-0.4, -0.2) is 159 Å². The summed E-state index contributed by atoms with van der Waals surface area (Å²) < 4.78 is 34.1. The molecule has 0 heterocycles. The summed E-state index contributed by atoms with van der Waals surface area (Å²) in [5.74, 6) is -5.98. The van der Waals surface area contributed by atoms with Crippen LogP contribution in [0.25, 0.3) is 0 Å². The van der Waals surface area contributed by atoms with E-state index in [1.807, 2.05) is 0 Å². The number of halogens is 1. The molecule has 0 saturated carbocycles. The van der Waals surface area contributed by atoms with Gasteiger partial charge in [-0.15, -0.1) is 0 Å². The Morgan fingerprint density at radius 3 is 1.14 bits per heavy atom. The summed E-state index contributed by atoms with van der Waals surface area (Å²) in [6.07, 6.45) is -2.72. The van der Waals surface area contributed by atoms with E-state index in [2.05, 4.69) is 0 Å². The van der Waals surface area contributed by atoms with Crippen molar-refractivity contribution < 1.29 is 64.7 Å². The van der Waals surface area contributed by atoms with Crippen LogP contribution in [0.4, 0.5) is 0 Å². The maximum Gasteiger partial charge on any atom is 2.00 e. The van der Waals surface area contributed by atoms with Crippen molar-refractivity contribution in [2.45, 2.75) is 18.4 Å². The van der Waals surface area contributed by atoms with Gasteiger partial charge in [0.1, 0.15) is 5.60 Å². The fourth-order valence-electron chi connectivity index (χ4n) is 0.684. The van der Waals surface area contributed by atoms with Gasteiger partial charge >= 0.3 is 113 Å². The van der Waals surface area contributed by atoms with Gasteiger partial charge in [-0.25, -0.2) is 0 Å². The van der Waals surface area contributed by atoms with Gasteiger partial charge in [-0.3, -0.25) is 8.42 Å². The molecule has 0 fully saturated rings. The average molecular weight is 441 g/mol. The fourth-order valence-corrected chi connectivity index (χ4v) is 0.684. The molecule has 0 aliphatic rings. The molecule has 0 saturated heterocycles. The SMILES string of the molecule is O=C([O-])CC(O)(CC(=O)[O-])C(=O)[O-].O=S(=O)([O-])[O-].[Ca+2].[Ca+2].[Ca+2].[Cl-]. The summed E-state index contributed by atoms with van der Waals surface area (Å²) in [6, 6.07) is 0. The topological polar surface area (TPSA) is 221 Å². The molecule has 22 heavy (non-hydrogen) atoms. The Bertz CT molecular complexity index is 415. The molecule has 0 unspecified atom stereocenters. The van der Waals surface area contributed by atoms with Crippen LogP contribution in [-0.2, 0) is 24.8 Å². The first-order valence-electron chi connectivity index (χ1n) is 3.78. The Labute approximate surface area is 220 Å². The number of carboxylic acid groups (broad SMARTS) is 3. The Balaban J connectivity index is -0.0000000627. The number of carboxylic acids is 3. The molecule has 0 aromatic heterocycles. The predicted molar refractivity (Wildman–Crippen MR) is 56.9 cm³/mol. The minimum Gasteiger partial charge on any atom is -1.00 e. The molecule has 0 aromatic rings. The monoisotopic (exact) mass is 440 g/mol. The second-order valence-electron chi connectivity index (χ2n) is 2.82. The molecule has 0 amide bonds. The fraction of sp³-hybridized carbons (Fsp3) is 0.500. The first kappa shape index (κ1) is 39.4. The first-order valence-corrected chi connectivity index (χ1v) is 5.11. The number of aliphatic hydroxyl groups is 1. The smallest absolute Gasteiger partial charge is 1.00 e. The summed E-state index contributed by atoms with van der Waals surface area (Å²) in [6.45, 7) is 0.